The summed E-state index contributed by atoms with van der Waals surface area (Å²) in [4.78, 5) is 16.5. The Bertz CT molecular complexity index is 1660. The van der Waals surface area contributed by atoms with Gasteiger partial charge in [0.1, 0.15) is 0 Å². The number of fused-ring (bicyclic) bond motifs is 3. The number of nitrogens with zero attached hydrogens (tertiary/aromatic N) is 3. The third-order valence-corrected chi connectivity index (χ3v) is 11.5. The zero-order valence-corrected chi connectivity index (χ0v) is 29.7. The molecule has 0 N–H and O–H groups in total. The van der Waals surface area contributed by atoms with E-state index in [2.05, 4.69) is 127 Å². The van der Waals surface area contributed by atoms with Crippen LogP contribution in [0.25, 0.3) is 0 Å². The zero-order valence-electron chi connectivity index (χ0n) is 27.3. The van der Waals surface area contributed by atoms with E-state index in [4.69, 9.17) is 15.0 Å². The standard InChI is InChI=1S/C45H36N3.Ir/c1-7-28-25-29(8-1)35-20-23-38-41-14-4-13-40(46-41)37-22-19-34(28)30-9-2-11-32(26-30)36(33-12-3-10-31(35)27-33)21-24-39(44-17-5-15-42(37)47-44)45-18-6-16-43(38)48-45;/h1-18,34-39H,19-24H2;/q-3;+3. The number of aromatic nitrogens is 3. The molecule has 1 aliphatic carbocycles. The van der Waals surface area contributed by atoms with Crippen molar-refractivity contribution in [2.45, 2.75) is 74.0 Å². The van der Waals surface area contributed by atoms with E-state index in [1.165, 1.54) is 33.4 Å². The van der Waals surface area contributed by atoms with Gasteiger partial charge in [-0.25, -0.2) is 0 Å². The van der Waals surface area contributed by atoms with E-state index in [1.54, 1.807) is 0 Å². The summed E-state index contributed by atoms with van der Waals surface area (Å²) >= 11 is 0. The second kappa shape index (κ2) is 12.6. The van der Waals surface area contributed by atoms with E-state index in [9.17, 15) is 0 Å². The Balaban J connectivity index is 0.00000325. The molecule has 0 amide bonds. The molecule has 240 valence electrons. The summed E-state index contributed by atoms with van der Waals surface area (Å²) in [6.45, 7) is 0. The van der Waals surface area contributed by atoms with Crippen LogP contribution in [0.1, 0.15) is 142 Å². The van der Waals surface area contributed by atoms with Crippen LogP contribution in [0.15, 0.2) is 109 Å². The molecule has 0 saturated carbocycles. The van der Waals surface area contributed by atoms with Crippen molar-refractivity contribution < 1.29 is 20.1 Å². The predicted octanol–water partition coefficient (Wildman–Crippen LogP) is 9.76. The molecule has 6 aromatic rings. The summed E-state index contributed by atoms with van der Waals surface area (Å²) in [6, 6.07) is 52.5. The molecular formula is C45H36IrN3. The fraction of sp³-hybridized carbons (Fsp3) is 0.267. The van der Waals surface area contributed by atoms with Crippen LogP contribution in [0.5, 0.6) is 0 Å². The number of hydrogen-bond acceptors (Lipinski definition) is 3. The minimum Gasteiger partial charge on any atom is -0.256 e. The van der Waals surface area contributed by atoms with Crippen molar-refractivity contribution in [1.29, 1.82) is 0 Å². The van der Waals surface area contributed by atoms with Crippen molar-refractivity contribution in [2.24, 2.45) is 0 Å². The van der Waals surface area contributed by atoms with Gasteiger partial charge in [-0.3, -0.25) is 15.0 Å². The second-order valence-electron chi connectivity index (χ2n) is 14.2. The van der Waals surface area contributed by atoms with Crippen LogP contribution in [-0.4, -0.2) is 15.0 Å². The Morgan fingerprint density at radius 1 is 0.306 bits per heavy atom. The summed E-state index contributed by atoms with van der Waals surface area (Å²) in [5.74, 6) is 0.713. The average Bonchev–Trinajstić information content (AvgIpc) is 3.13. The summed E-state index contributed by atoms with van der Waals surface area (Å²) in [7, 11) is 0. The molecule has 5 aliphatic rings. The molecule has 4 heteroatoms. The summed E-state index contributed by atoms with van der Waals surface area (Å²) in [5, 5.41) is 0. The van der Waals surface area contributed by atoms with Crippen LogP contribution in [0.4, 0.5) is 0 Å². The van der Waals surface area contributed by atoms with Gasteiger partial charge in [-0.2, -0.15) is 106 Å². The summed E-state index contributed by atoms with van der Waals surface area (Å²) in [5.41, 5.74) is 14.1. The molecule has 0 atom stereocenters. The first-order chi connectivity index (χ1) is 23.7. The molecule has 0 fully saturated rings. The Kier molecular flexibility index (Phi) is 7.90. The minimum absolute atomic E-state index is 0. The number of rotatable bonds is 0. The van der Waals surface area contributed by atoms with Crippen molar-refractivity contribution in [2.75, 3.05) is 0 Å². The van der Waals surface area contributed by atoms with Crippen molar-refractivity contribution in [3.63, 3.8) is 0 Å². The third kappa shape index (κ3) is 5.41. The molecule has 0 unspecified atom stereocenters. The smallest absolute Gasteiger partial charge is 0.256 e. The molecular weight excluding hydrogens is 775 g/mol. The van der Waals surface area contributed by atoms with E-state index in [1.807, 2.05) is 0 Å². The molecule has 0 saturated heterocycles. The van der Waals surface area contributed by atoms with Gasteiger partial charge in [0.2, 0.25) is 0 Å². The molecule has 49 heavy (non-hydrogen) atoms. The van der Waals surface area contributed by atoms with Crippen LogP contribution in [-0.2, 0) is 20.1 Å². The third-order valence-electron chi connectivity index (χ3n) is 11.5. The van der Waals surface area contributed by atoms with E-state index in [0.29, 0.717) is 0 Å². The van der Waals surface area contributed by atoms with Crippen molar-refractivity contribution in [3.8, 4) is 0 Å². The molecule has 0 spiro atoms. The minimum atomic E-state index is 0. The molecule has 3 aromatic carbocycles. The number of pyridine rings is 3. The first-order valence-corrected chi connectivity index (χ1v) is 17.7. The van der Waals surface area contributed by atoms with Gasteiger partial charge in [0.25, 0.3) is 0 Å². The molecule has 11 rings (SSSR count). The van der Waals surface area contributed by atoms with Crippen molar-refractivity contribution in [1.82, 2.24) is 15.0 Å². The zero-order chi connectivity index (χ0) is 31.6. The fourth-order valence-electron chi connectivity index (χ4n) is 9.08. The van der Waals surface area contributed by atoms with Crippen LogP contribution < -0.4 is 0 Å². The molecule has 0 radical (unpaired) electrons. The topological polar surface area (TPSA) is 38.7 Å². The molecule has 7 heterocycles. The van der Waals surface area contributed by atoms with Gasteiger partial charge >= 0.3 is 20.1 Å². The Morgan fingerprint density at radius 2 is 0.510 bits per heavy atom. The van der Waals surface area contributed by atoms with Crippen molar-refractivity contribution in [3.05, 3.63) is 195 Å². The van der Waals surface area contributed by atoms with Crippen molar-refractivity contribution >= 4 is 0 Å². The maximum Gasteiger partial charge on any atom is 3.00 e. The van der Waals surface area contributed by atoms with Gasteiger partial charge in [0, 0.05) is 51.9 Å². The van der Waals surface area contributed by atoms with Crippen LogP contribution in [0.2, 0.25) is 0 Å². The van der Waals surface area contributed by atoms with Gasteiger partial charge in [-0.05, 0) is 92.7 Å². The SMILES string of the molecule is [Ir+3].[c-]1c2cccc1C1CCC3c4cccc(n4)C4CCC2c2[c-]c(ccc2)C(CCC(c2cccc4n2)c2cccc3n2)c2[c-]c1ccc2. The fourth-order valence-corrected chi connectivity index (χ4v) is 9.08. The van der Waals surface area contributed by atoms with Gasteiger partial charge in [-0.15, -0.1) is 0 Å². The largest absolute Gasteiger partial charge is 3.00 e. The first kappa shape index (κ1) is 30.8. The Hall–Kier alpha value is -4.24. The quantitative estimate of drug-likeness (QED) is 0.144. The van der Waals surface area contributed by atoms with Crippen LogP contribution in [0, 0.1) is 18.2 Å². The first-order valence-electron chi connectivity index (χ1n) is 17.7. The number of hydrogen-bond donors (Lipinski definition) is 0. The maximum absolute atomic E-state index is 5.52. The maximum atomic E-state index is 5.52. The van der Waals surface area contributed by atoms with Gasteiger partial charge in [-0.1, -0.05) is 18.2 Å². The van der Waals surface area contributed by atoms with Crippen LogP contribution >= 0.6 is 0 Å². The van der Waals surface area contributed by atoms with Gasteiger partial charge in [0.15, 0.2) is 0 Å². The number of benzene rings is 3. The Labute approximate surface area is 302 Å². The second-order valence-corrected chi connectivity index (χ2v) is 14.2. The average molecular weight is 811 g/mol. The van der Waals surface area contributed by atoms with E-state index < -0.39 is 0 Å². The van der Waals surface area contributed by atoms with Crippen LogP contribution in [0.3, 0.4) is 0 Å². The van der Waals surface area contributed by atoms with E-state index in [0.717, 1.165) is 72.7 Å². The monoisotopic (exact) mass is 811 g/mol. The summed E-state index contributed by atoms with van der Waals surface area (Å²) in [6.07, 6.45) is 5.61. The molecule has 4 aliphatic heterocycles. The Morgan fingerprint density at radius 3 is 0.755 bits per heavy atom. The van der Waals surface area contributed by atoms with Gasteiger partial charge < -0.3 is 0 Å². The van der Waals surface area contributed by atoms with E-state index >= 15 is 0 Å². The molecule has 3 aromatic heterocycles. The molecule has 3 nitrogen and oxygen atoms in total. The van der Waals surface area contributed by atoms with Gasteiger partial charge in [0.05, 0.1) is 0 Å². The predicted molar refractivity (Wildman–Crippen MR) is 187 cm³/mol. The summed E-state index contributed by atoms with van der Waals surface area (Å²) < 4.78 is 0. The van der Waals surface area contributed by atoms with E-state index in [-0.39, 0.29) is 55.6 Å². The normalized spacial score (nSPS) is 24.5. The molecule has 18 bridgehead atoms.